The average Bonchev–Trinajstić information content (AvgIpc) is 2.98. The molecule has 0 spiro atoms. The van der Waals surface area contributed by atoms with Crippen LogP contribution >= 0.6 is 0 Å². The van der Waals surface area contributed by atoms with Gasteiger partial charge in [-0.15, -0.1) is 0 Å². The molecule has 0 radical (unpaired) electrons. The van der Waals surface area contributed by atoms with E-state index in [1.807, 2.05) is 4.90 Å². The van der Waals surface area contributed by atoms with Crippen molar-refractivity contribution in [2.75, 3.05) is 37.6 Å². The zero-order valence-corrected chi connectivity index (χ0v) is 14.8. The van der Waals surface area contributed by atoms with E-state index in [1.54, 1.807) is 0 Å². The van der Waals surface area contributed by atoms with E-state index in [1.165, 1.54) is 18.9 Å². The first kappa shape index (κ1) is 18.9. The summed E-state index contributed by atoms with van der Waals surface area (Å²) in [6.45, 7) is 3.25. The molecule has 1 amide bonds. The van der Waals surface area contributed by atoms with Crippen LogP contribution in [-0.4, -0.2) is 54.6 Å². The summed E-state index contributed by atoms with van der Waals surface area (Å²) in [7, 11) is 0. The third-order valence-electron chi connectivity index (χ3n) is 5.08. The van der Waals surface area contributed by atoms with Gasteiger partial charge in [0.05, 0.1) is 12.1 Å². The van der Waals surface area contributed by atoms with E-state index in [9.17, 15) is 18.0 Å². The van der Waals surface area contributed by atoms with Crippen molar-refractivity contribution in [3.63, 3.8) is 0 Å². The zero-order valence-electron chi connectivity index (χ0n) is 14.8. The predicted molar refractivity (Wildman–Crippen MR) is 92.9 cm³/mol. The van der Waals surface area contributed by atoms with E-state index in [0.717, 1.165) is 44.6 Å². The van der Waals surface area contributed by atoms with Gasteiger partial charge in [-0.3, -0.25) is 9.69 Å². The molecule has 3 rings (SSSR count). The number of carbonyl (C=O) groups excluding carboxylic acids is 1. The van der Waals surface area contributed by atoms with Crippen molar-refractivity contribution >= 4 is 11.7 Å². The number of hydrogen-bond donors (Lipinski definition) is 1. The van der Waals surface area contributed by atoms with Crippen molar-refractivity contribution in [2.24, 2.45) is 0 Å². The predicted octanol–water partition coefficient (Wildman–Crippen LogP) is 2.67. The van der Waals surface area contributed by atoms with E-state index >= 15 is 0 Å². The standard InChI is InChI=1S/C18H25F3N4O/c19-18(20,21)14-6-7-16(22-12-14)25-9-3-8-24(10-11-25)13-17(26)23-15-4-1-2-5-15/h6-7,12,15H,1-5,8-11,13H2,(H,23,26). The number of rotatable bonds is 4. The van der Waals surface area contributed by atoms with E-state index in [-0.39, 0.29) is 5.91 Å². The Balaban J connectivity index is 1.50. The highest BCUT2D eigenvalue weighted by Crippen LogP contribution is 2.29. The van der Waals surface area contributed by atoms with Crippen LogP contribution in [0.3, 0.4) is 0 Å². The number of anilines is 1. The molecule has 8 heteroatoms. The average molecular weight is 370 g/mol. The maximum absolute atomic E-state index is 12.6. The first-order valence-corrected chi connectivity index (χ1v) is 9.22. The molecular weight excluding hydrogens is 345 g/mol. The van der Waals surface area contributed by atoms with Gasteiger partial charge in [0.2, 0.25) is 5.91 Å². The smallest absolute Gasteiger partial charge is 0.355 e. The van der Waals surface area contributed by atoms with Gasteiger partial charge in [0.25, 0.3) is 0 Å². The molecule has 2 fully saturated rings. The fourth-order valence-corrected chi connectivity index (χ4v) is 3.65. The van der Waals surface area contributed by atoms with E-state index in [0.29, 0.717) is 31.5 Å². The van der Waals surface area contributed by atoms with Gasteiger partial charge in [-0.2, -0.15) is 13.2 Å². The fraction of sp³-hybridized carbons (Fsp3) is 0.667. The highest BCUT2D eigenvalue weighted by molar-refractivity contribution is 5.78. The molecule has 1 saturated heterocycles. The van der Waals surface area contributed by atoms with Crippen molar-refractivity contribution < 1.29 is 18.0 Å². The summed E-state index contributed by atoms with van der Waals surface area (Å²) < 4.78 is 37.9. The molecular formula is C18H25F3N4O. The van der Waals surface area contributed by atoms with Crippen LogP contribution in [0.15, 0.2) is 18.3 Å². The molecule has 2 aliphatic rings. The molecule has 1 saturated carbocycles. The molecule has 0 aromatic carbocycles. The summed E-state index contributed by atoms with van der Waals surface area (Å²) in [6, 6.07) is 2.81. The van der Waals surface area contributed by atoms with Gasteiger partial charge in [0.1, 0.15) is 5.82 Å². The second-order valence-corrected chi connectivity index (χ2v) is 7.07. The van der Waals surface area contributed by atoms with Crippen LogP contribution < -0.4 is 10.2 Å². The Labute approximate surface area is 151 Å². The van der Waals surface area contributed by atoms with Crippen LogP contribution in [0.25, 0.3) is 0 Å². The maximum atomic E-state index is 12.6. The summed E-state index contributed by atoms with van der Waals surface area (Å²) in [5, 5.41) is 3.10. The lowest BCUT2D eigenvalue weighted by atomic mass is 10.2. The molecule has 1 aromatic heterocycles. The lowest BCUT2D eigenvalue weighted by molar-refractivity contribution is -0.137. The zero-order chi connectivity index (χ0) is 18.6. The summed E-state index contributed by atoms with van der Waals surface area (Å²) in [5.74, 6) is 0.619. The monoisotopic (exact) mass is 370 g/mol. The number of carbonyl (C=O) groups is 1. The Kier molecular flexibility index (Phi) is 6.01. The summed E-state index contributed by atoms with van der Waals surface area (Å²) in [4.78, 5) is 20.2. The number of aromatic nitrogens is 1. The van der Waals surface area contributed by atoms with E-state index in [2.05, 4.69) is 15.2 Å². The quantitative estimate of drug-likeness (QED) is 0.885. The molecule has 0 unspecified atom stereocenters. The van der Waals surface area contributed by atoms with Crippen molar-refractivity contribution in [1.82, 2.24) is 15.2 Å². The lowest BCUT2D eigenvalue weighted by Gasteiger charge is -2.23. The van der Waals surface area contributed by atoms with Gasteiger partial charge in [-0.05, 0) is 31.4 Å². The molecule has 1 aromatic rings. The number of halogens is 3. The third-order valence-corrected chi connectivity index (χ3v) is 5.08. The molecule has 1 N–H and O–H groups in total. The fourth-order valence-electron chi connectivity index (χ4n) is 3.65. The lowest BCUT2D eigenvalue weighted by Crippen LogP contribution is -2.42. The molecule has 1 aliphatic heterocycles. The number of pyridine rings is 1. The Hall–Kier alpha value is -1.83. The Morgan fingerprint density at radius 3 is 2.54 bits per heavy atom. The van der Waals surface area contributed by atoms with Gasteiger partial charge < -0.3 is 10.2 Å². The van der Waals surface area contributed by atoms with Crippen LogP contribution in [0.2, 0.25) is 0 Å². The topological polar surface area (TPSA) is 48.5 Å². The van der Waals surface area contributed by atoms with Crippen molar-refractivity contribution in [1.29, 1.82) is 0 Å². The number of amides is 1. The van der Waals surface area contributed by atoms with Gasteiger partial charge in [-0.1, -0.05) is 12.8 Å². The minimum atomic E-state index is -4.37. The van der Waals surface area contributed by atoms with Crippen LogP contribution in [0.1, 0.15) is 37.7 Å². The van der Waals surface area contributed by atoms with Gasteiger partial charge in [0, 0.05) is 38.4 Å². The molecule has 144 valence electrons. The first-order chi connectivity index (χ1) is 12.4. The highest BCUT2D eigenvalue weighted by atomic mass is 19.4. The number of alkyl halides is 3. The van der Waals surface area contributed by atoms with E-state index in [4.69, 9.17) is 0 Å². The second-order valence-electron chi connectivity index (χ2n) is 7.07. The molecule has 1 aliphatic carbocycles. The third kappa shape index (κ3) is 5.09. The number of hydrogen-bond acceptors (Lipinski definition) is 4. The second kappa shape index (κ2) is 8.24. The van der Waals surface area contributed by atoms with Crippen LogP contribution in [0.4, 0.5) is 19.0 Å². The minimum absolute atomic E-state index is 0.0676. The molecule has 0 atom stereocenters. The van der Waals surface area contributed by atoms with Crippen LogP contribution in [-0.2, 0) is 11.0 Å². The number of nitrogens with zero attached hydrogens (tertiary/aromatic N) is 3. The Morgan fingerprint density at radius 2 is 1.88 bits per heavy atom. The Morgan fingerprint density at radius 1 is 1.12 bits per heavy atom. The van der Waals surface area contributed by atoms with Crippen molar-refractivity contribution in [3.05, 3.63) is 23.9 Å². The largest absolute Gasteiger partial charge is 0.417 e. The molecule has 2 heterocycles. The molecule has 0 bridgehead atoms. The first-order valence-electron chi connectivity index (χ1n) is 9.22. The van der Waals surface area contributed by atoms with E-state index < -0.39 is 11.7 Å². The summed E-state index contributed by atoms with van der Waals surface area (Å²) >= 11 is 0. The van der Waals surface area contributed by atoms with Gasteiger partial charge >= 0.3 is 6.18 Å². The SMILES string of the molecule is O=C(CN1CCCN(c2ccc(C(F)(F)F)cn2)CC1)NC1CCCC1. The van der Waals surface area contributed by atoms with Crippen molar-refractivity contribution in [2.45, 2.75) is 44.3 Å². The van der Waals surface area contributed by atoms with Gasteiger partial charge in [-0.25, -0.2) is 4.98 Å². The van der Waals surface area contributed by atoms with Crippen molar-refractivity contribution in [3.8, 4) is 0 Å². The minimum Gasteiger partial charge on any atom is -0.355 e. The molecule has 26 heavy (non-hydrogen) atoms. The molecule has 5 nitrogen and oxygen atoms in total. The van der Waals surface area contributed by atoms with Crippen LogP contribution in [0.5, 0.6) is 0 Å². The normalized spacial score (nSPS) is 20.2. The number of nitrogens with one attached hydrogen (secondary N) is 1. The maximum Gasteiger partial charge on any atom is 0.417 e. The Bertz CT molecular complexity index is 599. The summed E-state index contributed by atoms with van der Waals surface area (Å²) in [6.07, 6.45) is 1.87. The summed E-state index contributed by atoms with van der Waals surface area (Å²) in [5.41, 5.74) is -0.735. The van der Waals surface area contributed by atoms with Crippen LogP contribution in [0, 0.1) is 0 Å². The van der Waals surface area contributed by atoms with Gasteiger partial charge in [0.15, 0.2) is 0 Å². The highest BCUT2D eigenvalue weighted by Gasteiger charge is 2.31.